The molecule has 2 saturated carbocycles. The van der Waals surface area contributed by atoms with E-state index >= 15 is 0 Å². The van der Waals surface area contributed by atoms with Gasteiger partial charge in [0.15, 0.2) is 0 Å². The van der Waals surface area contributed by atoms with Gasteiger partial charge in [0.2, 0.25) is 0 Å². The third-order valence-electron chi connectivity index (χ3n) is 5.24. The Hall–Kier alpha value is 0.310. The first kappa shape index (κ1) is 14.7. The highest BCUT2D eigenvalue weighted by atomic mass is 32.2. The molecule has 0 bridgehead atoms. The molecule has 0 saturated heterocycles. The molecule has 2 aliphatic carbocycles. The summed E-state index contributed by atoms with van der Waals surface area (Å²) >= 11 is 2.11. The van der Waals surface area contributed by atoms with Gasteiger partial charge in [-0.15, -0.1) is 0 Å². The summed E-state index contributed by atoms with van der Waals surface area (Å²) in [7, 11) is 0. The zero-order chi connectivity index (χ0) is 13.1. The summed E-state index contributed by atoms with van der Waals surface area (Å²) < 4.78 is 0.571. The van der Waals surface area contributed by atoms with E-state index in [1.165, 1.54) is 64.3 Å². The van der Waals surface area contributed by atoms with Crippen LogP contribution in [0.15, 0.2) is 0 Å². The Labute approximate surface area is 118 Å². The Morgan fingerprint density at radius 2 is 1.72 bits per heavy atom. The summed E-state index contributed by atoms with van der Waals surface area (Å²) in [4.78, 5) is 0. The topological polar surface area (TPSA) is 12.0 Å². The Morgan fingerprint density at radius 1 is 1.00 bits per heavy atom. The first-order valence-corrected chi connectivity index (χ1v) is 9.06. The van der Waals surface area contributed by atoms with Gasteiger partial charge < -0.3 is 5.32 Å². The standard InChI is InChI=1S/C16H31NS/c1-15(2)9-6-7-14(8-12-15)17-13-16(18-3)10-4-5-11-16/h14,17H,4-13H2,1-3H3. The van der Waals surface area contributed by atoms with Crippen LogP contribution in [0.4, 0.5) is 0 Å². The quantitative estimate of drug-likeness (QED) is 0.748. The van der Waals surface area contributed by atoms with E-state index in [2.05, 4.69) is 37.2 Å². The van der Waals surface area contributed by atoms with Crippen LogP contribution in [0.3, 0.4) is 0 Å². The normalized spacial score (nSPS) is 31.2. The van der Waals surface area contributed by atoms with Gasteiger partial charge in [-0.3, -0.25) is 0 Å². The van der Waals surface area contributed by atoms with Crippen molar-refractivity contribution in [3.05, 3.63) is 0 Å². The van der Waals surface area contributed by atoms with E-state index in [4.69, 9.17) is 0 Å². The minimum Gasteiger partial charge on any atom is -0.313 e. The number of thioether (sulfide) groups is 1. The molecule has 2 aliphatic rings. The summed E-state index contributed by atoms with van der Waals surface area (Å²) in [5.74, 6) is 0. The van der Waals surface area contributed by atoms with Crippen LogP contribution >= 0.6 is 11.8 Å². The lowest BCUT2D eigenvalue weighted by Crippen LogP contribution is -2.40. The van der Waals surface area contributed by atoms with Crippen LogP contribution in [0.25, 0.3) is 0 Å². The van der Waals surface area contributed by atoms with Crippen LogP contribution < -0.4 is 5.32 Å². The molecule has 2 rings (SSSR count). The highest BCUT2D eigenvalue weighted by Gasteiger charge is 2.33. The SMILES string of the molecule is CSC1(CNC2CCCC(C)(C)CC2)CCCC1. The van der Waals surface area contributed by atoms with Crippen molar-refractivity contribution >= 4 is 11.8 Å². The second kappa shape index (κ2) is 6.17. The average molecular weight is 269 g/mol. The van der Waals surface area contributed by atoms with E-state index in [1.807, 2.05) is 0 Å². The highest BCUT2D eigenvalue weighted by Crippen LogP contribution is 2.40. The molecular formula is C16H31NS. The molecule has 0 aromatic rings. The first-order chi connectivity index (χ1) is 8.55. The summed E-state index contributed by atoms with van der Waals surface area (Å²) in [6.45, 7) is 6.13. The average Bonchev–Trinajstić information content (AvgIpc) is 2.74. The molecule has 106 valence electrons. The lowest BCUT2D eigenvalue weighted by atomic mass is 9.85. The molecule has 1 unspecified atom stereocenters. The minimum atomic E-state index is 0.571. The van der Waals surface area contributed by atoms with Gasteiger partial charge >= 0.3 is 0 Å². The molecule has 0 aromatic heterocycles. The Balaban J connectivity index is 1.79. The van der Waals surface area contributed by atoms with Crippen LogP contribution in [0.5, 0.6) is 0 Å². The van der Waals surface area contributed by atoms with Crippen LogP contribution in [-0.2, 0) is 0 Å². The van der Waals surface area contributed by atoms with Crippen molar-refractivity contribution in [2.75, 3.05) is 12.8 Å². The van der Waals surface area contributed by atoms with Gasteiger partial charge in [-0.2, -0.15) is 11.8 Å². The molecule has 0 spiro atoms. The summed E-state index contributed by atoms with van der Waals surface area (Å²) in [5, 5.41) is 3.91. The zero-order valence-electron chi connectivity index (χ0n) is 12.6. The Kier molecular flexibility index (Phi) is 5.05. The fourth-order valence-electron chi connectivity index (χ4n) is 3.67. The van der Waals surface area contributed by atoms with Crippen molar-refractivity contribution in [3.63, 3.8) is 0 Å². The van der Waals surface area contributed by atoms with Gasteiger partial charge in [0.1, 0.15) is 0 Å². The largest absolute Gasteiger partial charge is 0.313 e. The molecule has 0 aromatic carbocycles. The van der Waals surface area contributed by atoms with Gasteiger partial charge in [-0.25, -0.2) is 0 Å². The molecule has 0 aliphatic heterocycles. The predicted molar refractivity (Wildman–Crippen MR) is 83.4 cm³/mol. The highest BCUT2D eigenvalue weighted by molar-refractivity contribution is 8.00. The maximum Gasteiger partial charge on any atom is 0.0281 e. The van der Waals surface area contributed by atoms with E-state index in [-0.39, 0.29) is 0 Å². The van der Waals surface area contributed by atoms with E-state index in [0.717, 1.165) is 6.04 Å². The minimum absolute atomic E-state index is 0.571. The van der Waals surface area contributed by atoms with Crippen molar-refractivity contribution in [2.24, 2.45) is 5.41 Å². The molecule has 1 atom stereocenters. The van der Waals surface area contributed by atoms with E-state index < -0.39 is 0 Å². The number of nitrogens with one attached hydrogen (secondary N) is 1. The van der Waals surface area contributed by atoms with Crippen LogP contribution in [0, 0.1) is 5.41 Å². The molecular weight excluding hydrogens is 238 g/mol. The molecule has 2 heteroatoms. The summed E-state index contributed by atoms with van der Waals surface area (Å²) in [6.07, 6.45) is 15.1. The maximum absolute atomic E-state index is 3.91. The van der Waals surface area contributed by atoms with Crippen molar-refractivity contribution in [1.29, 1.82) is 0 Å². The molecule has 0 amide bonds. The van der Waals surface area contributed by atoms with Gasteiger partial charge in [0.05, 0.1) is 0 Å². The van der Waals surface area contributed by atoms with Crippen molar-refractivity contribution in [2.45, 2.75) is 82.4 Å². The fourth-order valence-corrected chi connectivity index (χ4v) is 4.59. The first-order valence-electron chi connectivity index (χ1n) is 7.84. The number of rotatable bonds is 4. The van der Waals surface area contributed by atoms with Crippen LogP contribution in [0.1, 0.15) is 71.6 Å². The molecule has 0 radical (unpaired) electrons. The second-order valence-electron chi connectivity index (χ2n) is 7.27. The smallest absolute Gasteiger partial charge is 0.0281 e. The number of hydrogen-bond acceptors (Lipinski definition) is 2. The van der Waals surface area contributed by atoms with Gasteiger partial charge in [-0.05, 0) is 50.2 Å². The van der Waals surface area contributed by atoms with Crippen LogP contribution in [0.2, 0.25) is 0 Å². The van der Waals surface area contributed by atoms with Gasteiger partial charge in [0.25, 0.3) is 0 Å². The second-order valence-corrected chi connectivity index (χ2v) is 8.54. The van der Waals surface area contributed by atoms with Crippen molar-refractivity contribution in [3.8, 4) is 0 Å². The maximum atomic E-state index is 3.91. The molecule has 0 heterocycles. The Morgan fingerprint density at radius 3 is 2.39 bits per heavy atom. The van der Waals surface area contributed by atoms with Gasteiger partial charge in [0, 0.05) is 17.3 Å². The predicted octanol–water partition coefficient (Wildman–Crippen LogP) is 4.61. The summed E-state index contributed by atoms with van der Waals surface area (Å²) in [5.41, 5.74) is 0.584. The fraction of sp³-hybridized carbons (Fsp3) is 1.00. The van der Waals surface area contributed by atoms with E-state index in [9.17, 15) is 0 Å². The monoisotopic (exact) mass is 269 g/mol. The van der Waals surface area contributed by atoms with Crippen molar-refractivity contribution in [1.82, 2.24) is 5.32 Å². The van der Waals surface area contributed by atoms with Crippen molar-refractivity contribution < 1.29 is 0 Å². The lowest BCUT2D eigenvalue weighted by Gasteiger charge is -2.30. The Bertz CT molecular complexity index is 256. The number of hydrogen-bond donors (Lipinski definition) is 1. The zero-order valence-corrected chi connectivity index (χ0v) is 13.4. The van der Waals surface area contributed by atoms with Crippen LogP contribution in [-0.4, -0.2) is 23.6 Å². The third-order valence-corrected chi connectivity index (χ3v) is 6.66. The molecule has 2 fully saturated rings. The molecule has 1 nitrogen and oxygen atoms in total. The molecule has 18 heavy (non-hydrogen) atoms. The lowest BCUT2D eigenvalue weighted by molar-refractivity contribution is 0.309. The van der Waals surface area contributed by atoms with E-state index in [1.54, 1.807) is 0 Å². The van der Waals surface area contributed by atoms with Gasteiger partial charge in [-0.1, -0.05) is 33.1 Å². The third kappa shape index (κ3) is 3.90. The van der Waals surface area contributed by atoms with E-state index in [0.29, 0.717) is 10.2 Å². The summed E-state index contributed by atoms with van der Waals surface area (Å²) in [6, 6.07) is 0.788. The molecule has 1 N–H and O–H groups in total.